The zero-order valence-corrected chi connectivity index (χ0v) is 11.2. The Bertz CT molecular complexity index is 373. The fourth-order valence-corrected chi connectivity index (χ4v) is 3.01. The van der Waals surface area contributed by atoms with Gasteiger partial charge in [-0.25, -0.2) is 0 Å². The van der Waals surface area contributed by atoms with Crippen LogP contribution in [0, 0.1) is 5.92 Å². The molecule has 2 rings (SSSR count). The van der Waals surface area contributed by atoms with E-state index in [2.05, 4.69) is 49.9 Å². The van der Waals surface area contributed by atoms with Crippen LogP contribution in [0.2, 0.25) is 0 Å². The summed E-state index contributed by atoms with van der Waals surface area (Å²) in [5, 5.41) is 0. The first-order valence-electron chi connectivity index (χ1n) is 6.69. The Hall–Kier alpha value is -1.02. The maximum atomic E-state index is 5.98. The predicted molar refractivity (Wildman–Crippen MR) is 74.4 cm³/mol. The van der Waals surface area contributed by atoms with E-state index in [4.69, 9.17) is 5.73 Å². The highest BCUT2D eigenvalue weighted by atomic mass is 15.2. The monoisotopic (exact) mass is 232 g/mol. The van der Waals surface area contributed by atoms with Crippen molar-refractivity contribution in [3.05, 3.63) is 29.8 Å². The van der Waals surface area contributed by atoms with Crippen LogP contribution in [-0.4, -0.2) is 18.6 Å². The molecule has 17 heavy (non-hydrogen) atoms. The molecule has 0 aliphatic carbocycles. The van der Waals surface area contributed by atoms with Crippen molar-refractivity contribution in [1.82, 2.24) is 0 Å². The average molecular weight is 232 g/mol. The van der Waals surface area contributed by atoms with Gasteiger partial charge in [-0.05, 0) is 37.3 Å². The van der Waals surface area contributed by atoms with E-state index >= 15 is 0 Å². The minimum Gasteiger partial charge on any atom is -0.364 e. The van der Waals surface area contributed by atoms with Gasteiger partial charge < -0.3 is 10.6 Å². The van der Waals surface area contributed by atoms with Crippen molar-refractivity contribution in [3.63, 3.8) is 0 Å². The van der Waals surface area contributed by atoms with Gasteiger partial charge in [0, 0.05) is 24.3 Å². The van der Waals surface area contributed by atoms with E-state index < -0.39 is 0 Å². The van der Waals surface area contributed by atoms with Crippen molar-refractivity contribution in [1.29, 1.82) is 0 Å². The number of fused-ring (bicyclic) bond motifs is 1. The van der Waals surface area contributed by atoms with Crippen LogP contribution in [0.4, 0.5) is 5.69 Å². The molecule has 1 aromatic carbocycles. The summed E-state index contributed by atoms with van der Waals surface area (Å²) in [4.78, 5) is 2.54. The normalized spacial score (nSPS) is 20.8. The van der Waals surface area contributed by atoms with Crippen LogP contribution in [-0.2, 0) is 6.42 Å². The molecule has 94 valence electrons. The Morgan fingerprint density at radius 1 is 1.35 bits per heavy atom. The fourth-order valence-electron chi connectivity index (χ4n) is 3.01. The second-order valence-electron chi connectivity index (χ2n) is 5.61. The fraction of sp³-hybridized carbons (Fsp3) is 0.600. The van der Waals surface area contributed by atoms with E-state index in [-0.39, 0.29) is 0 Å². The third-order valence-corrected chi connectivity index (χ3v) is 3.67. The molecule has 1 heterocycles. The smallest absolute Gasteiger partial charge is 0.0418 e. The lowest BCUT2D eigenvalue weighted by atomic mass is 10.0. The lowest BCUT2D eigenvalue weighted by molar-refractivity contribution is 0.450. The Balaban J connectivity index is 2.25. The van der Waals surface area contributed by atoms with Crippen LogP contribution >= 0.6 is 0 Å². The van der Waals surface area contributed by atoms with Crippen molar-refractivity contribution >= 4 is 5.69 Å². The summed E-state index contributed by atoms with van der Waals surface area (Å²) in [6.07, 6.45) is 2.33. The Kier molecular flexibility index (Phi) is 3.72. The van der Waals surface area contributed by atoms with Gasteiger partial charge in [-0.15, -0.1) is 0 Å². The molecule has 2 atom stereocenters. The molecule has 0 saturated heterocycles. The highest BCUT2D eigenvalue weighted by Crippen LogP contribution is 2.34. The van der Waals surface area contributed by atoms with Crippen LogP contribution in [0.15, 0.2) is 24.3 Å². The highest BCUT2D eigenvalue weighted by molar-refractivity contribution is 5.60. The number of hydrogen-bond donors (Lipinski definition) is 1. The zero-order valence-electron chi connectivity index (χ0n) is 11.2. The van der Waals surface area contributed by atoms with Gasteiger partial charge >= 0.3 is 0 Å². The Morgan fingerprint density at radius 2 is 2.06 bits per heavy atom. The molecule has 1 aliphatic heterocycles. The predicted octanol–water partition coefficient (Wildman–Crippen LogP) is 2.81. The van der Waals surface area contributed by atoms with E-state index in [0.29, 0.717) is 18.0 Å². The van der Waals surface area contributed by atoms with Gasteiger partial charge in [0.15, 0.2) is 0 Å². The molecule has 2 unspecified atom stereocenters. The first-order valence-corrected chi connectivity index (χ1v) is 6.69. The van der Waals surface area contributed by atoms with Crippen LogP contribution in [0.3, 0.4) is 0 Å². The second-order valence-corrected chi connectivity index (χ2v) is 5.61. The first kappa shape index (κ1) is 12.4. The molecule has 0 radical (unpaired) electrons. The zero-order chi connectivity index (χ0) is 12.4. The molecule has 0 spiro atoms. The van der Waals surface area contributed by atoms with Crippen molar-refractivity contribution in [2.45, 2.75) is 45.7 Å². The Labute approximate surface area is 105 Å². The molecule has 0 bridgehead atoms. The molecule has 1 aromatic rings. The number of nitrogens with zero attached hydrogens (tertiary/aromatic N) is 1. The minimum atomic E-state index is 0.480. The minimum absolute atomic E-state index is 0.480. The van der Waals surface area contributed by atoms with E-state index in [0.717, 1.165) is 13.0 Å². The summed E-state index contributed by atoms with van der Waals surface area (Å²) in [7, 11) is 0. The summed E-state index contributed by atoms with van der Waals surface area (Å²) in [6, 6.07) is 9.81. The number of benzene rings is 1. The summed E-state index contributed by atoms with van der Waals surface area (Å²) in [6.45, 7) is 7.60. The quantitative estimate of drug-likeness (QED) is 0.865. The molecule has 2 N–H and O–H groups in total. The summed E-state index contributed by atoms with van der Waals surface area (Å²) >= 11 is 0. The van der Waals surface area contributed by atoms with Crippen molar-refractivity contribution in [3.8, 4) is 0 Å². The highest BCUT2D eigenvalue weighted by Gasteiger charge is 2.30. The van der Waals surface area contributed by atoms with Crippen molar-refractivity contribution < 1.29 is 0 Å². The van der Waals surface area contributed by atoms with Crippen LogP contribution < -0.4 is 10.6 Å². The second kappa shape index (κ2) is 5.09. The molecular formula is C15H24N2. The van der Waals surface area contributed by atoms with E-state index in [9.17, 15) is 0 Å². The molecule has 2 heteroatoms. The van der Waals surface area contributed by atoms with Gasteiger partial charge in [-0.3, -0.25) is 0 Å². The third kappa shape index (κ3) is 2.47. The lowest BCUT2D eigenvalue weighted by Crippen LogP contribution is -2.44. The van der Waals surface area contributed by atoms with Crippen molar-refractivity contribution in [2.24, 2.45) is 11.7 Å². The SMILES string of the molecule is CC(C)CC(CN)N1c2ccccc2CC1C. The molecule has 0 aromatic heterocycles. The largest absolute Gasteiger partial charge is 0.364 e. The van der Waals surface area contributed by atoms with Gasteiger partial charge in [-0.1, -0.05) is 32.0 Å². The topological polar surface area (TPSA) is 29.3 Å². The van der Waals surface area contributed by atoms with E-state index in [1.165, 1.54) is 17.7 Å². The first-order chi connectivity index (χ1) is 8.13. The molecule has 0 saturated carbocycles. The van der Waals surface area contributed by atoms with Crippen LogP contribution in [0.5, 0.6) is 0 Å². The number of para-hydroxylation sites is 1. The molecule has 0 amide bonds. The number of nitrogens with two attached hydrogens (primary N) is 1. The summed E-state index contributed by atoms with van der Waals surface area (Å²) < 4.78 is 0. The van der Waals surface area contributed by atoms with Gasteiger partial charge in [0.05, 0.1) is 0 Å². The average Bonchev–Trinajstić information content (AvgIpc) is 2.62. The van der Waals surface area contributed by atoms with Gasteiger partial charge in [0.25, 0.3) is 0 Å². The maximum Gasteiger partial charge on any atom is 0.0418 e. The lowest BCUT2D eigenvalue weighted by Gasteiger charge is -2.34. The maximum absolute atomic E-state index is 5.98. The van der Waals surface area contributed by atoms with Crippen LogP contribution in [0.1, 0.15) is 32.8 Å². The van der Waals surface area contributed by atoms with Crippen LogP contribution in [0.25, 0.3) is 0 Å². The van der Waals surface area contributed by atoms with Gasteiger partial charge in [-0.2, -0.15) is 0 Å². The molecule has 2 nitrogen and oxygen atoms in total. The molecule has 0 fully saturated rings. The Morgan fingerprint density at radius 3 is 2.71 bits per heavy atom. The molecular weight excluding hydrogens is 208 g/mol. The summed E-state index contributed by atoms with van der Waals surface area (Å²) in [5.41, 5.74) is 8.85. The molecule has 1 aliphatic rings. The number of hydrogen-bond acceptors (Lipinski definition) is 2. The standard InChI is InChI=1S/C15H24N2/c1-11(2)8-14(10-16)17-12(3)9-13-6-4-5-7-15(13)17/h4-7,11-12,14H,8-10,16H2,1-3H3. The summed E-state index contributed by atoms with van der Waals surface area (Å²) in [5.74, 6) is 0.698. The van der Waals surface area contributed by atoms with Crippen molar-refractivity contribution in [2.75, 3.05) is 11.4 Å². The van der Waals surface area contributed by atoms with E-state index in [1.54, 1.807) is 0 Å². The van der Waals surface area contributed by atoms with E-state index in [1.807, 2.05) is 0 Å². The number of rotatable bonds is 4. The van der Waals surface area contributed by atoms with Gasteiger partial charge in [0.1, 0.15) is 0 Å². The third-order valence-electron chi connectivity index (χ3n) is 3.67. The van der Waals surface area contributed by atoms with Gasteiger partial charge in [0.2, 0.25) is 0 Å². The number of anilines is 1.